The van der Waals surface area contributed by atoms with E-state index < -0.39 is 15.4 Å². The van der Waals surface area contributed by atoms with E-state index in [1.165, 1.54) is 0 Å². The number of hydrogen-bond donors (Lipinski definition) is 0. The maximum atomic E-state index is 13.2. The minimum Gasteiger partial charge on any atom is -0.314 e. The molecule has 1 aromatic heterocycles. The van der Waals surface area contributed by atoms with Gasteiger partial charge in [0.2, 0.25) is 10.0 Å². The molecule has 0 spiro atoms. The summed E-state index contributed by atoms with van der Waals surface area (Å²) in [6, 6.07) is 7.09. The molecule has 2 aromatic rings. The van der Waals surface area contributed by atoms with Crippen molar-refractivity contribution in [1.82, 2.24) is 13.9 Å². The second kappa shape index (κ2) is 6.50. The number of imidazole rings is 1. The van der Waals surface area contributed by atoms with E-state index in [0.29, 0.717) is 18.0 Å². The summed E-state index contributed by atoms with van der Waals surface area (Å²) in [6.07, 6.45) is 3.95. The van der Waals surface area contributed by atoms with E-state index in [4.69, 9.17) is 11.6 Å². The molecule has 0 saturated carbocycles. The number of rotatable bonds is 4. The Kier molecular flexibility index (Phi) is 4.73. The molecule has 1 unspecified atom stereocenters. The lowest BCUT2D eigenvalue weighted by Gasteiger charge is -2.38. The summed E-state index contributed by atoms with van der Waals surface area (Å²) in [5.41, 5.74) is 1.86. The molecule has 0 radical (unpaired) electrons. The molecule has 1 aliphatic heterocycles. The molecule has 130 valence electrons. The molecule has 1 aliphatic rings. The summed E-state index contributed by atoms with van der Waals surface area (Å²) >= 11 is 5.95. The van der Waals surface area contributed by atoms with Gasteiger partial charge in [-0.2, -0.15) is 4.31 Å². The van der Waals surface area contributed by atoms with E-state index in [2.05, 4.69) is 4.98 Å². The molecule has 0 N–H and O–H groups in total. The van der Waals surface area contributed by atoms with Crippen molar-refractivity contribution >= 4 is 21.6 Å². The summed E-state index contributed by atoms with van der Waals surface area (Å²) in [6.45, 7) is 6.32. The molecule has 0 saturated heterocycles. The Morgan fingerprint density at radius 1 is 1.25 bits per heavy atom. The van der Waals surface area contributed by atoms with Crippen LogP contribution in [0.1, 0.15) is 49.9 Å². The van der Waals surface area contributed by atoms with Crippen LogP contribution in [0.5, 0.6) is 0 Å². The van der Waals surface area contributed by atoms with Crippen LogP contribution < -0.4 is 0 Å². The van der Waals surface area contributed by atoms with Gasteiger partial charge in [0.1, 0.15) is 0 Å². The Hall–Kier alpha value is -1.37. The van der Waals surface area contributed by atoms with E-state index in [9.17, 15) is 8.42 Å². The molecule has 1 aromatic carbocycles. The molecular formula is C17H22ClN3O2S. The zero-order chi connectivity index (χ0) is 17.5. The minimum absolute atomic E-state index is 0.259. The average Bonchev–Trinajstić information content (AvgIpc) is 2.97. The number of benzene rings is 1. The summed E-state index contributed by atoms with van der Waals surface area (Å²) < 4.78 is 29.9. The highest BCUT2D eigenvalue weighted by atomic mass is 35.5. The maximum absolute atomic E-state index is 13.2. The first-order valence-electron chi connectivity index (χ1n) is 8.07. The first kappa shape index (κ1) is 17.5. The standard InChI is InChI=1S/C17H22ClN3O2S/c1-12(2)8-17-20-11-19-9-16(20)10-21(24(17,22)23)13(3)14-4-6-15(18)7-5-14/h4-7,9,11-13,17H,8,10H2,1-3H3/t13-,17?/m1/s1. The lowest BCUT2D eigenvalue weighted by atomic mass is 10.1. The lowest BCUT2D eigenvalue weighted by molar-refractivity contribution is 0.287. The van der Waals surface area contributed by atoms with E-state index >= 15 is 0 Å². The molecule has 0 aliphatic carbocycles. The molecule has 0 amide bonds. The summed E-state index contributed by atoms with van der Waals surface area (Å²) in [5, 5.41) is 0.0433. The number of fused-ring (bicyclic) bond motifs is 1. The van der Waals surface area contributed by atoms with Crippen molar-refractivity contribution in [2.24, 2.45) is 5.92 Å². The van der Waals surface area contributed by atoms with Crippen molar-refractivity contribution in [3.8, 4) is 0 Å². The predicted octanol–water partition coefficient (Wildman–Crippen LogP) is 3.99. The molecule has 3 rings (SSSR count). The van der Waals surface area contributed by atoms with Gasteiger partial charge in [-0.25, -0.2) is 13.4 Å². The summed E-state index contributed by atoms with van der Waals surface area (Å²) in [5.74, 6) is 0.269. The van der Waals surface area contributed by atoms with Crippen LogP contribution in [0.2, 0.25) is 5.02 Å². The van der Waals surface area contributed by atoms with Crippen molar-refractivity contribution in [2.75, 3.05) is 0 Å². The van der Waals surface area contributed by atoms with Crippen LogP contribution in [-0.2, 0) is 16.6 Å². The van der Waals surface area contributed by atoms with Gasteiger partial charge < -0.3 is 4.57 Å². The fourth-order valence-electron chi connectivity index (χ4n) is 3.17. The van der Waals surface area contributed by atoms with Gasteiger partial charge in [0.25, 0.3) is 0 Å². The van der Waals surface area contributed by atoms with Crippen LogP contribution in [0, 0.1) is 5.92 Å². The largest absolute Gasteiger partial charge is 0.314 e. The number of nitrogens with zero attached hydrogens (tertiary/aromatic N) is 3. The molecule has 5 nitrogen and oxygen atoms in total. The van der Waals surface area contributed by atoms with E-state index in [1.54, 1.807) is 33.5 Å². The van der Waals surface area contributed by atoms with Crippen molar-refractivity contribution in [2.45, 2.75) is 45.2 Å². The smallest absolute Gasteiger partial charge is 0.236 e. The fraction of sp³-hybridized carbons (Fsp3) is 0.471. The van der Waals surface area contributed by atoms with Gasteiger partial charge in [-0.3, -0.25) is 0 Å². The highest BCUT2D eigenvalue weighted by Gasteiger charge is 2.41. The quantitative estimate of drug-likeness (QED) is 0.821. The van der Waals surface area contributed by atoms with Crippen molar-refractivity contribution < 1.29 is 8.42 Å². The second-order valence-electron chi connectivity index (χ2n) is 6.69. The SMILES string of the molecule is CC(C)CC1n2cncc2CN([C@H](C)c2ccc(Cl)cc2)S1(=O)=O. The van der Waals surface area contributed by atoms with Crippen molar-refractivity contribution in [3.05, 3.63) is 53.1 Å². The number of hydrogen-bond acceptors (Lipinski definition) is 3. The van der Waals surface area contributed by atoms with Crippen LogP contribution in [0.4, 0.5) is 0 Å². The van der Waals surface area contributed by atoms with E-state index in [-0.39, 0.29) is 12.0 Å². The van der Waals surface area contributed by atoms with Gasteiger partial charge in [0, 0.05) is 17.3 Å². The summed E-state index contributed by atoms with van der Waals surface area (Å²) in [7, 11) is -3.48. The van der Waals surface area contributed by atoms with Crippen LogP contribution in [-0.4, -0.2) is 22.3 Å². The highest BCUT2D eigenvalue weighted by Crippen LogP contribution is 2.38. The van der Waals surface area contributed by atoms with Crippen molar-refractivity contribution in [1.29, 1.82) is 0 Å². The molecule has 2 heterocycles. The van der Waals surface area contributed by atoms with Gasteiger partial charge >= 0.3 is 0 Å². The molecule has 0 fully saturated rings. The Morgan fingerprint density at radius 3 is 2.54 bits per heavy atom. The van der Waals surface area contributed by atoms with Crippen molar-refractivity contribution in [3.63, 3.8) is 0 Å². The van der Waals surface area contributed by atoms with Crippen LogP contribution in [0.3, 0.4) is 0 Å². The Labute approximate surface area is 148 Å². The Bertz CT molecular complexity index is 815. The van der Waals surface area contributed by atoms with Gasteiger partial charge in [0.15, 0.2) is 5.37 Å². The number of sulfonamides is 1. The normalized spacial score (nSPS) is 21.6. The molecule has 24 heavy (non-hydrogen) atoms. The molecule has 2 atom stereocenters. The van der Waals surface area contributed by atoms with E-state index in [0.717, 1.165) is 11.3 Å². The second-order valence-corrected chi connectivity index (χ2v) is 9.17. The third-order valence-electron chi connectivity index (χ3n) is 4.50. The predicted molar refractivity (Wildman–Crippen MR) is 95.0 cm³/mol. The number of aromatic nitrogens is 2. The van der Waals surface area contributed by atoms with Gasteiger partial charge in [-0.1, -0.05) is 37.6 Å². The van der Waals surface area contributed by atoms with Gasteiger partial charge in [-0.05, 0) is 37.0 Å². The Morgan fingerprint density at radius 2 is 1.92 bits per heavy atom. The summed E-state index contributed by atoms with van der Waals surface area (Å²) in [4.78, 5) is 4.16. The van der Waals surface area contributed by atoms with Gasteiger partial charge in [0.05, 0.1) is 18.6 Å². The monoisotopic (exact) mass is 367 g/mol. The van der Waals surface area contributed by atoms with Crippen LogP contribution in [0.25, 0.3) is 0 Å². The van der Waals surface area contributed by atoms with Crippen LogP contribution >= 0.6 is 11.6 Å². The Balaban J connectivity index is 2.01. The fourth-order valence-corrected chi connectivity index (χ4v) is 5.58. The zero-order valence-corrected chi connectivity index (χ0v) is 15.6. The first-order valence-corrected chi connectivity index (χ1v) is 9.95. The molecule has 0 bridgehead atoms. The maximum Gasteiger partial charge on any atom is 0.236 e. The van der Waals surface area contributed by atoms with Crippen LogP contribution in [0.15, 0.2) is 36.8 Å². The average molecular weight is 368 g/mol. The first-order chi connectivity index (χ1) is 11.3. The topological polar surface area (TPSA) is 55.2 Å². The minimum atomic E-state index is -3.48. The van der Waals surface area contributed by atoms with E-state index in [1.807, 2.05) is 32.9 Å². The lowest BCUT2D eigenvalue weighted by Crippen LogP contribution is -2.43. The third-order valence-corrected chi connectivity index (χ3v) is 6.96. The number of halogens is 1. The molecule has 7 heteroatoms. The molecular weight excluding hydrogens is 346 g/mol. The van der Waals surface area contributed by atoms with Gasteiger partial charge in [-0.15, -0.1) is 0 Å². The third kappa shape index (κ3) is 3.10. The zero-order valence-electron chi connectivity index (χ0n) is 14.1. The highest BCUT2D eigenvalue weighted by molar-refractivity contribution is 7.89.